The summed E-state index contributed by atoms with van der Waals surface area (Å²) in [6.07, 6.45) is 0.726. The lowest BCUT2D eigenvalue weighted by Gasteiger charge is -2.37. The van der Waals surface area contributed by atoms with Gasteiger partial charge in [0.15, 0.2) is 0 Å². The monoisotopic (exact) mass is 262 g/mol. The molecule has 0 bridgehead atoms. The van der Waals surface area contributed by atoms with E-state index in [4.69, 9.17) is 5.73 Å². The lowest BCUT2D eigenvalue weighted by molar-refractivity contribution is -0.120. The predicted molar refractivity (Wildman–Crippen MR) is 78.6 cm³/mol. The van der Waals surface area contributed by atoms with E-state index < -0.39 is 0 Å². The smallest absolute Gasteiger partial charge is 0.234 e. The van der Waals surface area contributed by atoms with Crippen LogP contribution in [0.5, 0.6) is 0 Å². The van der Waals surface area contributed by atoms with Crippen LogP contribution < -0.4 is 20.9 Å². The second-order valence-electron chi connectivity index (χ2n) is 4.93. The normalized spacial score (nSPS) is 16.1. The molecule has 0 fully saturated rings. The molecule has 0 spiro atoms. The number of nitrogens with two attached hydrogens (primary N) is 1. The van der Waals surface area contributed by atoms with Crippen LogP contribution in [0.3, 0.4) is 0 Å². The first-order valence-corrected chi connectivity index (χ1v) is 6.65. The first kappa shape index (κ1) is 13.7. The van der Waals surface area contributed by atoms with Crippen molar-refractivity contribution >= 4 is 17.3 Å². The first-order valence-electron chi connectivity index (χ1n) is 6.65. The minimum Gasteiger partial charge on any atom is -0.371 e. The number of nitrogens with zero attached hydrogens (tertiary/aromatic N) is 2. The van der Waals surface area contributed by atoms with Crippen LogP contribution in [0, 0.1) is 0 Å². The number of rotatable bonds is 5. The summed E-state index contributed by atoms with van der Waals surface area (Å²) >= 11 is 0. The number of primary amides is 1. The summed E-state index contributed by atoms with van der Waals surface area (Å²) in [5.74, 6) is -0.287. The van der Waals surface area contributed by atoms with Gasteiger partial charge in [0.25, 0.3) is 0 Å². The molecule has 1 aliphatic rings. The molecule has 0 aromatic heterocycles. The molecule has 2 rings (SSSR count). The Kier molecular flexibility index (Phi) is 4.27. The molecule has 1 heterocycles. The van der Waals surface area contributed by atoms with E-state index in [1.54, 1.807) is 7.05 Å². The highest BCUT2D eigenvalue weighted by atomic mass is 16.1. The van der Waals surface area contributed by atoms with Crippen molar-refractivity contribution in [3.8, 4) is 0 Å². The van der Waals surface area contributed by atoms with Gasteiger partial charge in [-0.25, -0.2) is 0 Å². The van der Waals surface area contributed by atoms with Gasteiger partial charge >= 0.3 is 0 Å². The molecule has 5 nitrogen and oxygen atoms in total. The van der Waals surface area contributed by atoms with Crippen LogP contribution in [0.4, 0.5) is 11.4 Å². The van der Waals surface area contributed by atoms with Crippen molar-refractivity contribution in [2.45, 2.75) is 12.5 Å². The molecular formula is C14H22N4O. The van der Waals surface area contributed by atoms with E-state index in [1.807, 2.05) is 0 Å². The summed E-state index contributed by atoms with van der Waals surface area (Å²) in [6, 6.07) is 8.11. The molecule has 1 aromatic carbocycles. The van der Waals surface area contributed by atoms with E-state index in [9.17, 15) is 4.79 Å². The summed E-state index contributed by atoms with van der Waals surface area (Å²) in [5.41, 5.74) is 7.83. The topological polar surface area (TPSA) is 61.6 Å². The molecule has 1 amide bonds. The van der Waals surface area contributed by atoms with Gasteiger partial charge in [-0.1, -0.05) is 12.1 Å². The number of hydrogen-bond acceptors (Lipinski definition) is 4. The van der Waals surface area contributed by atoms with Crippen molar-refractivity contribution in [2.75, 3.05) is 43.5 Å². The minimum atomic E-state index is -0.287. The number of anilines is 2. The number of likely N-dealkylation sites (N-methyl/N-ethyl adjacent to an activating group) is 2. The van der Waals surface area contributed by atoms with Crippen molar-refractivity contribution in [3.63, 3.8) is 0 Å². The molecule has 104 valence electrons. The highest BCUT2D eigenvalue weighted by molar-refractivity contribution is 5.80. The van der Waals surface area contributed by atoms with Gasteiger partial charge < -0.3 is 20.9 Å². The maximum Gasteiger partial charge on any atom is 0.234 e. The summed E-state index contributed by atoms with van der Waals surface area (Å²) in [4.78, 5) is 15.8. The van der Waals surface area contributed by atoms with E-state index in [2.05, 4.69) is 46.4 Å². The highest BCUT2D eigenvalue weighted by Crippen LogP contribution is 2.31. The summed E-state index contributed by atoms with van der Waals surface area (Å²) in [5, 5.41) is 2.96. The predicted octanol–water partition coefficient (Wildman–Crippen LogP) is 0.406. The zero-order valence-corrected chi connectivity index (χ0v) is 11.6. The zero-order valence-electron chi connectivity index (χ0n) is 11.6. The average molecular weight is 262 g/mol. The molecule has 0 radical (unpaired) electrons. The van der Waals surface area contributed by atoms with Crippen LogP contribution in [0.2, 0.25) is 0 Å². The van der Waals surface area contributed by atoms with E-state index >= 15 is 0 Å². The third-order valence-corrected chi connectivity index (χ3v) is 3.72. The van der Waals surface area contributed by atoms with Gasteiger partial charge in [-0.2, -0.15) is 0 Å². The fourth-order valence-corrected chi connectivity index (χ4v) is 2.51. The Morgan fingerprint density at radius 1 is 1.37 bits per heavy atom. The van der Waals surface area contributed by atoms with Crippen molar-refractivity contribution in [2.24, 2.45) is 5.73 Å². The fraction of sp³-hybridized carbons (Fsp3) is 0.500. The largest absolute Gasteiger partial charge is 0.371 e. The third kappa shape index (κ3) is 2.98. The highest BCUT2D eigenvalue weighted by Gasteiger charge is 2.21. The van der Waals surface area contributed by atoms with Gasteiger partial charge in [-0.3, -0.25) is 4.79 Å². The van der Waals surface area contributed by atoms with Crippen molar-refractivity contribution in [1.82, 2.24) is 5.32 Å². The lowest BCUT2D eigenvalue weighted by atomic mass is 10.1. The van der Waals surface area contributed by atoms with Crippen LogP contribution in [-0.2, 0) is 4.79 Å². The third-order valence-electron chi connectivity index (χ3n) is 3.72. The Balaban J connectivity index is 2.06. The van der Waals surface area contributed by atoms with Crippen LogP contribution in [0.1, 0.15) is 6.42 Å². The molecule has 1 unspecified atom stereocenters. The maximum absolute atomic E-state index is 11.2. The second-order valence-corrected chi connectivity index (χ2v) is 4.93. The number of carbonyl (C=O) groups is 1. The van der Waals surface area contributed by atoms with Crippen molar-refractivity contribution in [3.05, 3.63) is 24.3 Å². The first-order chi connectivity index (χ1) is 9.13. The van der Waals surface area contributed by atoms with Gasteiger partial charge in [-0.05, 0) is 25.6 Å². The van der Waals surface area contributed by atoms with Gasteiger partial charge in [0.1, 0.15) is 0 Å². The molecule has 1 atom stereocenters. The fourth-order valence-electron chi connectivity index (χ4n) is 2.51. The van der Waals surface area contributed by atoms with Crippen molar-refractivity contribution in [1.29, 1.82) is 0 Å². The Hall–Kier alpha value is -1.75. The van der Waals surface area contributed by atoms with E-state index in [0.717, 1.165) is 26.1 Å². The van der Waals surface area contributed by atoms with Gasteiger partial charge in [0.2, 0.25) is 5.91 Å². The van der Waals surface area contributed by atoms with Crippen LogP contribution in [0.25, 0.3) is 0 Å². The number of hydrogen-bond donors (Lipinski definition) is 2. The number of fused-ring (bicyclic) bond motifs is 1. The molecule has 1 aromatic rings. The van der Waals surface area contributed by atoms with E-state index in [0.29, 0.717) is 0 Å². The molecule has 1 aliphatic heterocycles. The molecule has 0 saturated carbocycles. The second kappa shape index (κ2) is 5.93. The van der Waals surface area contributed by atoms with Crippen LogP contribution in [-0.4, -0.2) is 45.7 Å². The maximum atomic E-state index is 11.2. The SMILES string of the molecule is CNC(CCN1CCN(C)c2ccccc21)C(N)=O. The molecule has 0 aliphatic carbocycles. The van der Waals surface area contributed by atoms with Crippen molar-refractivity contribution < 1.29 is 4.79 Å². The van der Waals surface area contributed by atoms with Crippen LogP contribution in [0.15, 0.2) is 24.3 Å². The Bertz CT molecular complexity index is 449. The average Bonchev–Trinajstić information content (AvgIpc) is 2.42. The molecular weight excluding hydrogens is 240 g/mol. The molecule has 0 saturated heterocycles. The standard InChI is InChI=1S/C14H22N4O/c1-16-11(14(15)19)7-8-18-10-9-17(2)12-5-3-4-6-13(12)18/h3-6,11,16H,7-10H2,1-2H3,(H2,15,19). The number of carbonyl (C=O) groups excluding carboxylic acids is 1. The Morgan fingerprint density at radius 2 is 2.05 bits per heavy atom. The number of amides is 1. The quantitative estimate of drug-likeness (QED) is 0.806. The number of para-hydroxylation sites is 2. The van der Waals surface area contributed by atoms with Gasteiger partial charge in [-0.15, -0.1) is 0 Å². The summed E-state index contributed by atoms with van der Waals surface area (Å²) in [7, 11) is 3.88. The summed E-state index contributed by atoms with van der Waals surface area (Å²) in [6.45, 7) is 2.81. The molecule has 5 heteroatoms. The lowest BCUT2D eigenvalue weighted by Crippen LogP contribution is -2.44. The zero-order chi connectivity index (χ0) is 13.8. The van der Waals surface area contributed by atoms with Gasteiger partial charge in [0.05, 0.1) is 17.4 Å². The Morgan fingerprint density at radius 3 is 2.68 bits per heavy atom. The Labute approximate surface area is 114 Å². The molecule has 19 heavy (non-hydrogen) atoms. The number of benzene rings is 1. The summed E-state index contributed by atoms with van der Waals surface area (Å²) < 4.78 is 0. The minimum absolute atomic E-state index is 0.258. The van der Waals surface area contributed by atoms with Crippen LogP contribution >= 0.6 is 0 Å². The molecule has 3 N–H and O–H groups in total. The van der Waals surface area contributed by atoms with E-state index in [-0.39, 0.29) is 11.9 Å². The van der Waals surface area contributed by atoms with E-state index in [1.165, 1.54) is 11.4 Å². The van der Waals surface area contributed by atoms with Gasteiger partial charge in [0, 0.05) is 26.7 Å². The number of nitrogens with one attached hydrogen (secondary N) is 1.